The van der Waals surface area contributed by atoms with E-state index in [1.165, 1.54) is 0 Å². The SMILES string of the molecule is [O-][S+](F)c1cc(C(F)(F)F)cc(C(F)(F)F)c1. The van der Waals surface area contributed by atoms with E-state index in [9.17, 15) is 34.8 Å². The second-order valence-corrected chi connectivity index (χ2v) is 3.88. The molecule has 17 heavy (non-hydrogen) atoms. The summed E-state index contributed by atoms with van der Waals surface area (Å²) in [5.41, 5.74) is -3.40. The molecular weight excluding hydrogens is 277 g/mol. The molecule has 0 aromatic heterocycles. The van der Waals surface area contributed by atoms with Crippen LogP contribution in [0.4, 0.5) is 30.2 Å². The first-order valence-corrected chi connectivity index (χ1v) is 4.94. The quantitative estimate of drug-likeness (QED) is 0.568. The van der Waals surface area contributed by atoms with Crippen molar-refractivity contribution in [2.24, 2.45) is 0 Å². The fourth-order valence-corrected chi connectivity index (χ4v) is 1.46. The van der Waals surface area contributed by atoms with E-state index in [2.05, 4.69) is 0 Å². The average Bonchev–Trinajstić information content (AvgIpc) is 2.14. The Morgan fingerprint density at radius 3 is 1.41 bits per heavy atom. The Balaban J connectivity index is 3.40. The van der Waals surface area contributed by atoms with Gasteiger partial charge in [0.25, 0.3) is 0 Å². The highest BCUT2D eigenvalue weighted by Gasteiger charge is 2.38. The summed E-state index contributed by atoms with van der Waals surface area (Å²) in [7, 11) is 0. The molecule has 96 valence electrons. The smallest absolute Gasteiger partial charge is 0.416 e. The zero-order chi connectivity index (χ0) is 13.4. The Hall–Kier alpha value is -0.960. The van der Waals surface area contributed by atoms with Gasteiger partial charge >= 0.3 is 12.4 Å². The maximum Gasteiger partial charge on any atom is 0.416 e. The zero-order valence-electron chi connectivity index (χ0n) is 7.69. The Bertz CT molecular complexity index is 377. The highest BCUT2D eigenvalue weighted by atomic mass is 32.3. The van der Waals surface area contributed by atoms with Gasteiger partial charge in [0.15, 0.2) is 4.90 Å². The molecule has 0 fully saturated rings. The van der Waals surface area contributed by atoms with Crippen molar-refractivity contribution in [1.29, 1.82) is 0 Å². The molecule has 1 aromatic rings. The van der Waals surface area contributed by atoms with Gasteiger partial charge in [0, 0.05) is 16.0 Å². The van der Waals surface area contributed by atoms with Crippen LogP contribution in [0.15, 0.2) is 23.1 Å². The predicted octanol–water partition coefficient (Wildman–Crippen LogP) is 3.72. The fourth-order valence-electron chi connectivity index (χ4n) is 1.02. The summed E-state index contributed by atoms with van der Waals surface area (Å²) in [6, 6.07) is -0.0208. The average molecular weight is 280 g/mol. The van der Waals surface area contributed by atoms with Crippen molar-refractivity contribution in [3.63, 3.8) is 0 Å². The van der Waals surface area contributed by atoms with E-state index in [1.807, 2.05) is 0 Å². The Morgan fingerprint density at radius 1 is 0.824 bits per heavy atom. The van der Waals surface area contributed by atoms with Crippen molar-refractivity contribution < 1.29 is 34.8 Å². The van der Waals surface area contributed by atoms with Crippen molar-refractivity contribution in [1.82, 2.24) is 0 Å². The second-order valence-electron chi connectivity index (χ2n) is 2.97. The van der Waals surface area contributed by atoms with Crippen molar-refractivity contribution in [2.75, 3.05) is 0 Å². The molecule has 0 saturated carbocycles. The molecule has 1 nitrogen and oxygen atoms in total. The number of hydrogen-bond donors (Lipinski definition) is 0. The molecule has 0 amide bonds. The van der Waals surface area contributed by atoms with Gasteiger partial charge in [-0.25, -0.2) is 0 Å². The lowest BCUT2D eigenvalue weighted by Crippen LogP contribution is -2.12. The summed E-state index contributed by atoms with van der Waals surface area (Å²) < 4.78 is 95.9. The van der Waals surface area contributed by atoms with Crippen LogP contribution in [0, 0.1) is 0 Å². The topological polar surface area (TPSA) is 23.1 Å². The Kier molecular flexibility index (Phi) is 3.63. The van der Waals surface area contributed by atoms with Crippen LogP contribution in [0.2, 0.25) is 0 Å². The molecule has 0 spiro atoms. The molecule has 0 aliphatic rings. The van der Waals surface area contributed by atoms with E-state index < -0.39 is 39.9 Å². The fraction of sp³-hybridized carbons (Fsp3) is 0.250. The molecule has 0 aliphatic heterocycles. The number of hydrogen-bond acceptors (Lipinski definition) is 1. The van der Waals surface area contributed by atoms with Gasteiger partial charge in [0.2, 0.25) is 11.6 Å². The first-order valence-electron chi connectivity index (χ1n) is 3.89. The number of alkyl halides is 6. The molecule has 0 saturated heterocycles. The summed E-state index contributed by atoms with van der Waals surface area (Å²) in [6.45, 7) is 0. The lowest BCUT2D eigenvalue weighted by Gasteiger charge is -2.12. The molecule has 1 rings (SSSR count). The van der Waals surface area contributed by atoms with Crippen LogP contribution in [0.3, 0.4) is 0 Å². The summed E-state index contributed by atoms with van der Waals surface area (Å²) in [5.74, 6) is 0. The summed E-state index contributed by atoms with van der Waals surface area (Å²) in [4.78, 5) is -1.17. The Morgan fingerprint density at radius 2 is 1.18 bits per heavy atom. The van der Waals surface area contributed by atoms with Gasteiger partial charge in [-0.3, -0.25) is 0 Å². The molecule has 9 heteroatoms. The van der Waals surface area contributed by atoms with Gasteiger partial charge in [-0.15, -0.1) is 0 Å². The number of halogens is 7. The third-order valence-corrected chi connectivity index (χ3v) is 2.35. The Labute approximate surface area is 93.7 Å². The summed E-state index contributed by atoms with van der Waals surface area (Å²) in [6.07, 6.45) is -10.1. The van der Waals surface area contributed by atoms with E-state index in [4.69, 9.17) is 0 Å². The third kappa shape index (κ3) is 3.50. The van der Waals surface area contributed by atoms with Gasteiger partial charge < -0.3 is 4.55 Å². The lowest BCUT2D eigenvalue weighted by molar-refractivity contribution is -0.143. The highest BCUT2D eigenvalue weighted by molar-refractivity contribution is 7.86. The van der Waals surface area contributed by atoms with E-state index >= 15 is 0 Å². The molecule has 1 atom stereocenters. The van der Waals surface area contributed by atoms with Gasteiger partial charge in [0.1, 0.15) is 0 Å². The van der Waals surface area contributed by atoms with E-state index in [0.29, 0.717) is 0 Å². The minimum Gasteiger partial charge on any atom is -0.575 e. The van der Waals surface area contributed by atoms with Gasteiger partial charge in [0.05, 0.1) is 11.1 Å². The van der Waals surface area contributed by atoms with Crippen molar-refractivity contribution in [2.45, 2.75) is 17.2 Å². The maximum absolute atomic E-state index is 12.3. The van der Waals surface area contributed by atoms with Gasteiger partial charge in [-0.05, 0) is 6.07 Å². The first-order chi connectivity index (χ1) is 7.51. The number of benzene rings is 1. The molecule has 0 bridgehead atoms. The molecule has 0 N–H and O–H groups in total. The van der Waals surface area contributed by atoms with E-state index in [-0.39, 0.29) is 18.2 Å². The largest absolute Gasteiger partial charge is 0.575 e. The van der Waals surface area contributed by atoms with Crippen molar-refractivity contribution >= 4 is 11.6 Å². The highest BCUT2D eigenvalue weighted by Crippen LogP contribution is 2.37. The number of rotatable bonds is 1. The standard InChI is InChI=1S/C8H3F7OS/c9-7(10,11)4-1-5(8(12,13)14)3-6(2-4)17(15)16/h1-3H. The van der Waals surface area contributed by atoms with Crippen LogP contribution in [0.1, 0.15) is 11.1 Å². The molecule has 0 aliphatic carbocycles. The van der Waals surface area contributed by atoms with E-state index in [1.54, 1.807) is 0 Å². The first kappa shape index (κ1) is 14.1. The molecule has 1 unspecified atom stereocenters. The minimum atomic E-state index is -5.07. The molecule has 0 radical (unpaired) electrons. The van der Waals surface area contributed by atoms with Gasteiger partial charge in [-0.1, -0.05) is 0 Å². The third-order valence-electron chi connectivity index (χ3n) is 1.75. The van der Waals surface area contributed by atoms with Crippen LogP contribution in [-0.4, -0.2) is 4.55 Å². The monoisotopic (exact) mass is 280 g/mol. The van der Waals surface area contributed by atoms with Crippen LogP contribution in [-0.2, 0) is 23.9 Å². The predicted molar refractivity (Wildman–Crippen MR) is 44.0 cm³/mol. The van der Waals surface area contributed by atoms with Crippen LogP contribution >= 0.6 is 0 Å². The molecular formula is C8H3F7OS. The molecule has 1 aromatic carbocycles. The lowest BCUT2D eigenvalue weighted by atomic mass is 10.1. The molecule has 0 heterocycles. The second kappa shape index (κ2) is 4.37. The summed E-state index contributed by atoms with van der Waals surface area (Å²) in [5, 5.41) is 0. The maximum atomic E-state index is 12.3. The van der Waals surface area contributed by atoms with Crippen molar-refractivity contribution in [3.05, 3.63) is 29.3 Å². The van der Waals surface area contributed by atoms with Crippen molar-refractivity contribution in [3.8, 4) is 0 Å². The van der Waals surface area contributed by atoms with Crippen LogP contribution < -0.4 is 0 Å². The zero-order valence-corrected chi connectivity index (χ0v) is 8.51. The van der Waals surface area contributed by atoms with Crippen LogP contribution in [0.5, 0.6) is 0 Å². The normalized spacial score (nSPS) is 14.8. The van der Waals surface area contributed by atoms with Crippen LogP contribution in [0.25, 0.3) is 0 Å². The summed E-state index contributed by atoms with van der Waals surface area (Å²) >= 11 is -3.42. The van der Waals surface area contributed by atoms with E-state index in [0.717, 1.165) is 0 Å². The minimum absolute atomic E-state index is 0.0748. The van der Waals surface area contributed by atoms with Gasteiger partial charge in [-0.2, -0.15) is 26.3 Å².